The molecule has 0 radical (unpaired) electrons. The van der Waals surface area contributed by atoms with Gasteiger partial charge in [-0.2, -0.15) is 0 Å². The Morgan fingerprint density at radius 3 is 2.48 bits per heavy atom. The number of carbonyl (C=O) groups excluding carboxylic acids is 1. The predicted molar refractivity (Wildman–Crippen MR) is 125 cm³/mol. The summed E-state index contributed by atoms with van der Waals surface area (Å²) in [4.78, 5) is 20.3. The third kappa shape index (κ3) is 4.26. The van der Waals surface area contributed by atoms with Crippen LogP contribution in [-0.4, -0.2) is 33.4 Å². The first-order chi connectivity index (χ1) is 15.2. The zero-order chi connectivity index (χ0) is 21.2. The molecular weight excluding hydrogens is 382 g/mol. The van der Waals surface area contributed by atoms with Crippen molar-refractivity contribution in [2.75, 3.05) is 13.1 Å². The molecule has 1 saturated heterocycles. The molecule has 4 heteroatoms. The monoisotopic (exact) mass is 415 g/mol. The highest BCUT2D eigenvalue weighted by atomic mass is 16.2. The molecule has 1 aliphatic carbocycles. The van der Waals surface area contributed by atoms with Crippen molar-refractivity contribution in [3.63, 3.8) is 0 Å². The normalized spacial score (nSPS) is 22.7. The largest absolute Gasteiger partial charge is 0.342 e. The average Bonchev–Trinajstić information content (AvgIpc) is 3.17. The number of piperidine rings is 1. The van der Waals surface area contributed by atoms with Crippen LogP contribution in [0, 0.1) is 11.8 Å². The van der Waals surface area contributed by atoms with Crippen LogP contribution in [0.25, 0.3) is 11.0 Å². The molecule has 2 aliphatic rings. The minimum Gasteiger partial charge on any atom is -0.342 e. The molecule has 1 aliphatic heterocycles. The van der Waals surface area contributed by atoms with E-state index in [-0.39, 0.29) is 5.92 Å². The Hall–Kier alpha value is -2.62. The molecule has 1 saturated carbocycles. The summed E-state index contributed by atoms with van der Waals surface area (Å²) < 4.78 is 2.47. The highest BCUT2D eigenvalue weighted by Crippen LogP contribution is 2.33. The van der Waals surface area contributed by atoms with Crippen LogP contribution in [0.1, 0.15) is 62.9 Å². The Labute approximate surface area is 185 Å². The van der Waals surface area contributed by atoms with E-state index in [1.807, 2.05) is 0 Å². The molecule has 3 aromatic rings. The zero-order valence-electron chi connectivity index (χ0n) is 18.5. The van der Waals surface area contributed by atoms with E-state index < -0.39 is 0 Å². The van der Waals surface area contributed by atoms with Gasteiger partial charge in [-0.25, -0.2) is 4.98 Å². The van der Waals surface area contributed by atoms with E-state index in [4.69, 9.17) is 4.98 Å². The second kappa shape index (κ2) is 8.86. The lowest BCUT2D eigenvalue weighted by molar-refractivity contribution is -0.138. The van der Waals surface area contributed by atoms with Crippen LogP contribution in [0.5, 0.6) is 0 Å². The van der Waals surface area contributed by atoms with Crippen molar-refractivity contribution in [1.29, 1.82) is 0 Å². The summed E-state index contributed by atoms with van der Waals surface area (Å²) in [5, 5.41) is 0. The molecule has 0 spiro atoms. The first kappa shape index (κ1) is 20.3. The van der Waals surface area contributed by atoms with Crippen molar-refractivity contribution < 1.29 is 4.79 Å². The molecule has 0 bridgehead atoms. The number of rotatable bonds is 4. The Balaban J connectivity index is 1.34. The standard InChI is InChI=1S/C27H33N3O/c1-20-8-7-11-22(18-20)27(31)29-16-14-23(15-17-29)30-25-13-6-5-12-24(25)28-26(30)19-21-9-3-2-4-10-21/h2-6,9-10,12-13,20,22-23H,7-8,11,14-19H2,1H3/t20-,22-/m0/s1. The second-order valence-corrected chi connectivity index (χ2v) is 9.57. The molecule has 0 N–H and O–H groups in total. The van der Waals surface area contributed by atoms with Crippen LogP contribution >= 0.6 is 0 Å². The lowest BCUT2D eigenvalue weighted by Gasteiger charge is -2.37. The molecule has 162 valence electrons. The first-order valence-electron chi connectivity index (χ1n) is 12.0. The zero-order valence-corrected chi connectivity index (χ0v) is 18.5. The molecule has 5 rings (SSSR count). The van der Waals surface area contributed by atoms with Crippen molar-refractivity contribution in [2.45, 2.75) is 57.9 Å². The first-order valence-corrected chi connectivity index (χ1v) is 12.0. The third-order valence-corrected chi connectivity index (χ3v) is 7.30. The van der Waals surface area contributed by atoms with Gasteiger partial charge >= 0.3 is 0 Å². The van der Waals surface area contributed by atoms with E-state index in [1.54, 1.807) is 0 Å². The lowest BCUT2D eigenvalue weighted by Crippen LogP contribution is -2.43. The lowest BCUT2D eigenvalue weighted by atomic mass is 9.81. The van der Waals surface area contributed by atoms with Gasteiger partial charge in [0.15, 0.2) is 0 Å². The van der Waals surface area contributed by atoms with Gasteiger partial charge in [0.2, 0.25) is 5.91 Å². The molecular formula is C27H33N3O. The average molecular weight is 416 g/mol. The number of para-hydroxylation sites is 2. The van der Waals surface area contributed by atoms with E-state index in [0.29, 0.717) is 17.9 Å². The maximum atomic E-state index is 13.1. The van der Waals surface area contributed by atoms with Gasteiger partial charge in [-0.1, -0.05) is 62.2 Å². The van der Waals surface area contributed by atoms with Gasteiger partial charge < -0.3 is 9.47 Å². The topological polar surface area (TPSA) is 38.1 Å². The fourth-order valence-corrected chi connectivity index (χ4v) is 5.67. The third-order valence-electron chi connectivity index (χ3n) is 7.30. The van der Waals surface area contributed by atoms with Crippen molar-refractivity contribution in [2.24, 2.45) is 11.8 Å². The predicted octanol–water partition coefficient (Wildman–Crippen LogP) is 5.62. The van der Waals surface area contributed by atoms with Gasteiger partial charge in [-0.15, -0.1) is 0 Å². The van der Waals surface area contributed by atoms with E-state index in [9.17, 15) is 4.79 Å². The van der Waals surface area contributed by atoms with E-state index >= 15 is 0 Å². The van der Waals surface area contributed by atoms with Crippen molar-refractivity contribution in [3.8, 4) is 0 Å². The summed E-state index contributed by atoms with van der Waals surface area (Å²) in [6.45, 7) is 4.03. The number of hydrogen-bond donors (Lipinski definition) is 0. The van der Waals surface area contributed by atoms with Gasteiger partial charge in [-0.3, -0.25) is 4.79 Å². The summed E-state index contributed by atoms with van der Waals surface area (Å²) in [5.41, 5.74) is 3.58. The summed E-state index contributed by atoms with van der Waals surface area (Å²) in [6.07, 6.45) is 7.51. The van der Waals surface area contributed by atoms with Gasteiger partial charge in [-0.05, 0) is 49.3 Å². The molecule has 2 fully saturated rings. The number of nitrogens with zero attached hydrogens (tertiary/aromatic N) is 3. The molecule has 0 unspecified atom stereocenters. The second-order valence-electron chi connectivity index (χ2n) is 9.57. The summed E-state index contributed by atoms with van der Waals surface area (Å²) in [6, 6.07) is 19.5. The quantitative estimate of drug-likeness (QED) is 0.555. The smallest absolute Gasteiger partial charge is 0.225 e. The number of hydrogen-bond acceptors (Lipinski definition) is 2. The van der Waals surface area contributed by atoms with Gasteiger partial charge in [0.05, 0.1) is 11.0 Å². The van der Waals surface area contributed by atoms with Crippen LogP contribution in [0.2, 0.25) is 0 Å². The highest BCUT2D eigenvalue weighted by Gasteiger charge is 2.32. The number of carbonyl (C=O) groups is 1. The Morgan fingerprint density at radius 1 is 0.968 bits per heavy atom. The van der Waals surface area contributed by atoms with Crippen LogP contribution in [0.15, 0.2) is 54.6 Å². The Kier molecular flexibility index (Phi) is 5.80. The van der Waals surface area contributed by atoms with Crippen molar-refractivity contribution in [1.82, 2.24) is 14.5 Å². The van der Waals surface area contributed by atoms with Gasteiger partial charge in [0.25, 0.3) is 0 Å². The number of likely N-dealkylation sites (tertiary alicyclic amines) is 1. The minimum atomic E-state index is 0.253. The molecule has 1 aromatic heterocycles. The number of amides is 1. The Morgan fingerprint density at radius 2 is 1.71 bits per heavy atom. The van der Waals surface area contributed by atoms with E-state index in [1.165, 1.54) is 23.9 Å². The molecule has 4 nitrogen and oxygen atoms in total. The minimum absolute atomic E-state index is 0.253. The summed E-state index contributed by atoms with van der Waals surface area (Å²) in [5.74, 6) is 2.49. The van der Waals surface area contributed by atoms with Crippen molar-refractivity contribution >= 4 is 16.9 Å². The maximum Gasteiger partial charge on any atom is 0.225 e. The number of imidazole rings is 1. The Bertz CT molecular complexity index is 1030. The van der Waals surface area contributed by atoms with Gasteiger partial charge in [0, 0.05) is 31.5 Å². The van der Waals surface area contributed by atoms with Crippen LogP contribution in [-0.2, 0) is 11.2 Å². The van der Waals surface area contributed by atoms with E-state index in [2.05, 4.69) is 71.0 Å². The number of benzene rings is 2. The van der Waals surface area contributed by atoms with Gasteiger partial charge in [0.1, 0.15) is 5.82 Å². The maximum absolute atomic E-state index is 13.1. The molecule has 2 heterocycles. The highest BCUT2D eigenvalue weighted by molar-refractivity contribution is 5.79. The van der Waals surface area contributed by atoms with Crippen LogP contribution in [0.4, 0.5) is 0 Å². The van der Waals surface area contributed by atoms with E-state index in [0.717, 1.165) is 56.5 Å². The fourth-order valence-electron chi connectivity index (χ4n) is 5.67. The summed E-state index contributed by atoms with van der Waals surface area (Å²) >= 11 is 0. The summed E-state index contributed by atoms with van der Waals surface area (Å²) in [7, 11) is 0. The molecule has 1 amide bonds. The number of aromatic nitrogens is 2. The number of fused-ring (bicyclic) bond motifs is 1. The van der Waals surface area contributed by atoms with Crippen molar-refractivity contribution in [3.05, 3.63) is 66.0 Å². The van der Waals surface area contributed by atoms with Crippen LogP contribution in [0.3, 0.4) is 0 Å². The SMILES string of the molecule is C[C@H]1CCC[C@H](C(=O)N2CCC(n3c(Cc4ccccc4)nc4ccccc43)CC2)C1. The molecule has 2 atom stereocenters. The molecule has 2 aromatic carbocycles. The molecule has 31 heavy (non-hydrogen) atoms. The fraction of sp³-hybridized carbons (Fsp3) is 0.481. The van der Waals surface area contributed by atoms with Crippen LogP contribution < -0.4 is 0 Å².